The van der Waals surface area contributed by atoms with Crippen LogP contribution >= 0.6 is 0 Å². The van der Waals surface area contributed by atoms with Gasteiger partial charge < -0.3 is 25.8 Å². The second-order valence-electron chi connectivity index (χ2n) is 5.11. The van der Waals surface area contributed by atoms with Crippen molar-refractivity contribution in [2.24, 2.45) is 0 Å². The molecule has 0 amide bonds. The van der Waals surface area contributed by atoms with Crippen LogP contribution in [0.25, 0.3) is 10.8 Å². The van der Waals surface area contributed by atoms with E-state index < -0.39 is 34.7 Å². The monoisotopic (exact) mass is 317 g/mol. The van der Waals surface area contributed by atoms with Gasteiger partial charge in [-0.25, -0.2) is 8.78 Å². The summed E-state index contributed by atoms with van der Waals surface area (Å²) in [7, 11) is 0. The van der Waals surface area contributed by atoms with E-state index in [1.54, 1.807) is 13.8 Å². The zero-order valence-corrected chi connectivity index (χ0v) is 11.7. The molecule has 0 unspecified atom stereocenters. The zero-order valence-electron chi connectivity index (χ0n) is 11.7. The van der Waals surface area contributed by atoms with E-state index in [1.165, 1.54) is 6.07 Å². The van der Waals surface area contributed by atoms with Crippen molar-refractivity contribution in [3.63, 3.8) is 0 Å². The van der Waals surface area contributed by atoms with Gasteiger partial charge in [0.2, 0.25) is 0 Å². The van der Waals surface area contributed by atoms with E-state index >= 15 is 0 Å². The summed E-state index contributed by atoms with van der Waals surface area (Å²) in [6.07, 6.45) is -4.17. The van der Waals surface area contributed by atoms with Crippen LogP contribution in [0.15, 0.2) is 12.1 Å². The summed E-state index contributed by atoms with van der Waals surface area (Å²) in [5, 5.41) is 26.5. The number of phenols is 1. The molecule has 0 aliphatic rings. The number of halogens is 3. The first-order chi connectivity index (χ1) is 10.0. The molecule has 0 radical (unpaired) electrons. The van der Waals surface area contributed by atoms with Crippen molar-refractivity contribution in [3.8, 4) is 11.5 Å². The maximum atomic E-state index is 14.0. The van der Waals surface area contributed by atoms with Gasteiger partial charge >= 0.3 is 6.23 Å². The van der Waals surface area contributed by atoms with E-state index in [2.05, 4.69) is 4.74 Å². The van der Waals surface area contributed by atoms with Gasteiger partial charge in [-0.15, -0.1) is 4.39 Å². The predicted octanol–water partition coefficient (Wildman–Crippen LogP) is 2.47. The van der Waals surface area contributed by atoms with E-state index in [0.717, 1.165) is 0 Å². The molecule has 0 aliphatic heterocycles. The van der Waals surface area contributed by atoms with Gasteiger partial charge in [0.25, 0.3) is 0 Å². The normalized spacial score (nSPS) is 12.2. The Morgan fingerprint density at radius 2 is 1.73 bits per heavy atom. The smallest absolute Gasteiger partial charge is 0.492 e. The minimum absolute atomic E-state index is 0.160. The Bertz CT molecular complexity index is 741. The van der Waals surface area contributed by atoms with Gasteiger partial charge in [0, 0.05) is 11.5 Å². The number of rotatable bonds is 3. The molecule has 0 saturated carbocycles. The SMILES string of the molecule is CC(C)c1cc(N)c(O)c2c(F)cc(F)c(OC(O)(O)F)c12. The summed E-state index contributed by atoms with van der Waals surface area (Å²) >= 11 is 0. The average Bonchev–Trinajstić information content (AvgIpc) is 2.35. The van der Waals surface area contributed by atoms with Crippen molar-refractivity contribution in [2.45, 2.75) is 26.0 Å². The van der Waals surface area contributed by atoms with Crippen LogP contribution in [0.1, 0.15) is 25.3 Å². The summed E-state index contributed by atoms with van der Waals surface area (Å²) in [4.78, 5) is 0. The van der Waals surface area contributed by atoms with Crippen molar-refractivity contribution in [2.75, 3.05) is 5.73 Å². The van der Waals surface area contributed by atoms with E-state index in [4.69, 9.17) is 15.9 Å². The molecule has 120 valence electrons. The Labute approximate surface area is 123 Å². The topological polar surface area (TPSA) is 95.9 Å². The van der Waals surface area contributed by atoms with E-state index in [0.29, 0.717) is 6.07 Å². The second kappa shape index (κ2) is 5.22. The first kappa shape index (κ1) is 16.2. The first-order valence-corrected chi connectivity index (χ1v) is 6.28. The molecule has 2 aromatic carbocycles. The van der Waals surface area contributed by atoms with Gasteiger partial charge in [-0.3, -0.25) is 0 Å². The molecule has 0 atom stereocenters. The van der Waals surface area contributed by atoms with Gasteiger partial charge in [0.15, 0.2) is 11.6 Å². The quantitative estimate of drug-likeness (QED) is 0.396. The fraction of sp³-hybridized carbons (Fsp3) is 0.286. The molecule has 0 aliphatic carbocycles. The molecular formula is C14H14F3NO4. The summed E-state index contributed by atoms with van der Waals surface area (Å²) in [6, 6.07) is 1.58. The minimum Gasteiger partial charge on any atom is -0.505 e. The van der Waals surface area contributed by atoms with Crippen LogP contribution in [0.5, 0.6) is 11.5 Å². The Hall–Kier alpha value is -2.19. The van der Waals surface area contributed by atoms with Crippen LogP contribution in [-0.2, 0) is 0 Å². The molecule has 2 aromatic rings. The van der Waals surface area contributed by atoms with Crippen LogP contribution in [0.3, 0.4) is 0 Å². The number of hydrogen-bond donors (Lipinski definition) is 4. The lowest BCUT2D eigenvalue weighted by molar-refractivity contribution is -0.375. The second-order valence-corrected chi connectivity index (χ2v) is 5.11. The highest BCUT2D eigenvalue weighted by Gasteiger charge is 2.30. The van der Waals surface area contributed by atoms with Crippen molar-refractivity contribution >= 4 is 16.5 Å². The highest BCUT2D eigenvalue weighted by molar-refractivity contribution is 6.00. The lowest BCUT2D eigenvalue weighted by atomic mass is 9.93. The predicted molar refractivity (Wildman–Crippen MR) is 72.9 cm³/mol. The molecule has 5 N–H and O–H groups in total. The highest BCUT2D eigenvalue weighted by Crippen LogP contribution is 2.44. The first-order valence-electron chi connectivity index (χ1n) is 6.28. The highest BCUT2D eigenvalue weighted by atomic mass is 19.2. The molecule has 22 heavy (non-hydrogen) atoms. The van der Waals surface area contributed by atoms with Gasteiger partial charge in [-0.1, -0.05) is 13.8 Å². The van der Waals surface area contributed by atoms with Crippen molar-refractivity contribution in [1.29, 1.82) is 0 Å². The van der Waals surface area contributed by atoms with Crippen LogP contribution in [0.4, 0.5) is 18.9 Å². The number of nitrogen functional groups attached to an aromatic ring is 1. The molecule has 0 heterocycles. The van der Waals surface area contributed by atoms with E-state index in [-0.39, 0.29) is 22.6 Å². The molecule has 2 rings (SSSR count). The third-order valence-electron chi connectivity index (χ3n) is 3.15. The summed E-state index contributed by atoms with van der Waals surface area (Å²) in [6.45, 7) is 3.33. The van der Waals surface area contributed by atoms with Crippen LogP contribution in [0.2, 0.25) is 0 Å². The molecular weight excluding hydrogens is 303 g/mol. The number of anilines is 1. The molecule has 0 fully saturated rings. The summed E-state index contributed by atoms with van der Waals surface area (Å²) < 4.78 is 45.0. The van der Waals surface area contributed by atoms with Gasteiger partial charge in [-0.2, -0.15) is 0 Å². The Morgan fingerprint density at radius 3 is 2.23 bits per heavy atom. The number of ether oxygens (including phenoxy) is 1. The number of nitrogens with two attached hydrogens (primary N) is 1. The fourth-order valence-corrected chi connectivity index (χ4v) is 2.25. The molecule has 0 saturated heterocycles. The maximum absolute atomic E-state index is 14.0. The van der Waals surface area contributed by atoms with Crippen LogP contribution in [-0.4, -0.2) is 21.5 Å². The number of alkyl halides is 1. The number of aromatic hydroxyl groups is 1. The molecule has 0 bridgehead atoms. The largest absolute Gasteiger partial charge is 0.505 e. The van der Waals surface area contributed by atoms with Gasteiger partial charge in [0.05, 0.1) is 11.1 Å². The Kier molecular flexibility index (Phi) is 3.84. The van der Waals surface area contributed by atoms with Gasteiger partial charge in [0.1, 0.15) is 11.6 Å². The zero-order chi connectivity index (χ0) is 16.8. The third kappa shape index (κ3) is 2.75. The van der Waals surface area contributed by atoms with Crippen molar-refractivity contribution in [1.82, 2.24) is 0 Å². The Morgan fingerprint density at radius 1 is 1.14 bits per heavy atom. The van der Waals surface area contributed by atoms with Crippen LogP contribution < -0.4 is 10.5 Å². The average molecular weight is 317 g/mol. The lowest BCUT2D eigenvalue weighted by Crippen LogP contribution is -2.29. The minimum atomic E-state index is -4.17. The third-order valence-corrected chi connectivity index (χ3v) is 3.15. The number of benzene rings is 2. The number of aliphatic hydroxyl groups is 2. The standard InChI is InChI=1S/C14H14F3NO4/c1-5(2)6-3-9(18)12(19)11-7(15)4-8(16)13(10(6)11)22-14(17,20)21/h3-5,19-21H,18H2,1-2H3. The van der Waals surface area contributed by atoms with Crippen LogP contribution in [0, 0.1) is 11.6 Å². The lowest BCUT2D eigenvalue weighted by Gasteiger charge is -2.20. The number of hydrogen-bond acceptors (Lipinski definition) is 5. The van der Waals surface area contributed by atoms with E-state index in [9.17, 15) is 18.3 Å². The Balaban J connectivity index is 2.99. The molecule has 0 spiro atoms. The molecule has 5 nitrogen and oxygen atoms in total. The van der Waals surface area contributed by atoms with E-state index in [1.807, 2.05) is 0 Å². The van der Waals surface area contributed by atoms with Crippen molar-refractivity contribution < 1.29 is 33.2 Å². The molecule has 8 heteroatoms. The fourth-order valence-electron chi connectivity index (χ4n) is 2.25. The number of phenolic OH excluding ortho intramolecular Hbond substituents is 1. The number of fused-ring (bicyclic) bond motifs is 1. The van der Waals surface area contributed by atoms with Gasteiger partial charge in [-0.05, 0) is 17.5 Å². The summed E-state index contributed by atoms with van der Waals surface area (Å²) in [5.41, 5.74) is 5.66. The maximum Gasteiger partial charge on any atom is 0.492 e. The molecule has 0 aromatic heterocycles. The van der Waals surface area contributed by atoms with Crippen molar-refractivity contribution in [3.05, 3.63) is 29.3 Å². The summed E-state index contributed by atoms with van der Waals surface area (Å²) in [5.74, 6) is -4.46.